The molecule has 126 valence electrons. The summed E-state index contributed by atoms with van der Waals surface area (Å²) in [5.74, 6) is -2.09. The minimum Gasteiger partial charge on any atom is -0.494 e. The molecule has 2 aromatic heterocycles. The Labute approximate surface area is 142 Å². The van der Waals surface area contributed by atoms with Crippen LogP contribution in [0.4, 0.5) is 0 Å². The van der Waals surface area contributed by atoms with Crippen molar-refractivity contribution in [1.29, 1.82) is 0 Å². The van der Waals surface area contributed by atoms with Crippen LogP contribution >= 0.6 is 0 Å². The third kappa shape index (κ3) is 2.65. The van der Waals surface area contributed by atoms with E-state index in [1.165, 1.54) is 44.5 Å². The van der Waals surface area contributed by atoms with Crippen LogP contribution in [0.3, 0.4) is 0 Å². The van der Waals surface area contributed by atoms with Crippen LogP contribution in [0.5, 0.6) is 5.88 Å². The first-order chi connectivity index (χ1) is 12.0. The molecule has 0 aliphatic rings. The molecule has 0 fully saturated rings. The molecular weight excluding hydrogens is 324 g/mol. The van der Waals surface area contributed by atoms with Gasteiger partial charge < -0.3 is 9.84 Å². The minimum atomic E-state index is -0.590. The first-order valence-corrected chi connectivity index (χ1v) is 7.38. The Morgan fingerprint density at radius 1 is 1.16 bits per heavy atom. The Morgan fingerprint density at radius 3 is 2.52 bits per heavy atom. The minimum absolute atomic E-state index is 0.0883. The number of fused-ring (bicyclic) bond motifs is 1. The Hall–Kier alpha value is -3.48. The molecular formula is C18H14N2O5. The predicted molar refractivity (Wildman–Crippen MR) is 88.9 cm³/mol. The van der Waals surface area contributed by atoms with Crippen molar-refractivity contribution in [2.24, 2.45) is 0 Å². The standard InChI is InChI=1S/C18H14N2O5/c1-10(21)20-14-7-6-11(18(24)25-2)9-12(14)15(17(20)23)16(22)13-5-3-4-8-19-13/h3-9,23H,1-2H3. The fraction of sp³-hybridized carbons (Fsp3) is 0.111. The fourth-order valence-corrected chi connectivity index (χ4v) is 2.69. The molecule has 0 aliphatic carbocycles. The molecule has 7 heteroatoms. The lowest BCUT2D eigenvalue weighted by Crippen LogP contribution is -2.06. The van der Waals surface area contributed by atoms with Gasteiger partial charge in [0, 0.05) is 18.5 Å². The van der Waals surface area contributed by atoms with Gasteiger partial charge in [-0.15, -0.1) is 0 Å². The molecule has 0 radical (unpaired) electrons. The highest BCUT2D eigenvalue weighted by atomic mass is 16.5. The smallest absolute Gasteiger partial charge is 0.337 e. The van der Waals surface area contributed by atoms with E-state index in [1.807, 2.05) is 0 Å². The van der Waals surface area contributed by atoms with Crippen molar-refractivity contribution in [2.45, 2.75) is 6.92 Å². The molecule has 0 spiro atoms. The zero-order chi connectivity index (χ0) is 18.1. The summed E-state index contributed by atoms with van der Waals surface area (Å²) in [5, 5.41) is 10.7. The van der Waals surface area contributed by atoms with Gasteiger partial charge in [-0.1, -0.05) is 6.07 Å². The third-order valence-corrected chi connectivity index (χ3v) is 3.80. The van der Waals surface area contributed by atoms with Crippen molar-refractivity contribution in [3.63, 3.8) is 0 Å². The van der Waals surface area contributed by atoms with Crippen LogP contribution in [-0.2, 0) is 4.74 Å². The highest BCUT2D eigenvalue weighted by Crippen LogP contribution is 2.33. The Morgan fingerprint density at radius 2 is 1.92 bits per heavy atom. The summed E-state index contributed by atoms with van der Waals surface area (Å²) in [6.45, 7) is 1.27. The number of aromatic nitrogens is 2. The highest BCUT2D eigenvalue weighted by Gasteiger charge is 2.26. The molecule has 0 bridgehead atoms. The lowest BCUT2D eigenvalue weighted by Gasteiger charge is -2.02. The topological polar surface area (TPSA) is 98.5 Å². The quantitative estimate of drug-likeness (QED) is 0.582. The summed E-state index contributed by atoms with van der Waals surface area (Å²) in [4.78, 5) is 40.5. The first kappa shape index (κ1) is 16.4. The van der Waals surface area contributed by atoms with E-state index in [1.54, 1.807) is 12.1 Å². The number of aromatic hydroxyl groups is 1. The largest absolute Gasteiger partial charge is 0.494 e. The molecule has 1 aromatic carbocycles. The first-order valence-electron chi connectivity index (χ1n) is 7.38. The van der Waals surface area contributed by atoms with E-state index < -0.39 is 23.5 Å². The van der Waals surface area contributed by atoms with Crippen molar-refractivity contribution < 1.29 is 24.2 Å². The maximum Gasteiger partial charge on any atom is 0.337 e. The number of benzene rings is 1. The number of pyridine rings is 1. The maximum absolute atomic E-state index is 12.8. The number of carbonyl (C=O) groups excluding carboxylic acids is 3. The number of carbonyl (C=O) groups is 3. The number of hydrogen-bond donors (Lipinski definition) is 1. The average Bonchev–Trinajstić information content (AvgIpc) is 2.92. The zero-order valence-electron chi connectivity index (χ0n) is 13.5. The Kier molecular flexibility index (Phi) is 4.06. The summed E-state index contributed by atoms with van der Waals surface area (Å²) in [7, 11) is 1.24. The highest BCUT2D eigenvalue weighted by molar-refractivity contribution is 6.19. The van der Waals surface area contributed by atoms with Gasteiger partial charge in [-0.3, -0.25) is 19.1 Å². The molecule has 0 saturated heterocycles. The van der Waals surface area contributed by atoms with Crippen LogP contribution in [0, 0.1) is 0 Å². The summed E-state index contributed by atoms with van der Waals surface area (Å²) in [6, 6.07) is 9.16. The molecule has 3 aromatic rings. The van der Waals surface area contributed by atoms with Crippen LogP contribution in [0.2, 0.25) is 0 Å². The molecule has 7 nitrogen and oxygen atoms in total. The van der Waals surface area contributed by atoms with Gasteiger partial charge in [-0.2, -0.15) is 0 Å². The predicted octanol–water partition coefficient (Wildman–Crippen LogP) is 2.42. The molecule has 0 atom stereocenters. The maximum atomic E-state index is 12.8. The van der Waals surface area contributed by atoms with Gasteiger partial charge in [-0.05, 0) is 30.3 Å². The fourth-order valence-electron chi connectivity index (χ4n) is 2.69. The lowest BCUT2D eigenvalue weighted by molar-refractivity contribution is 0.0600. The second kappa shape index (κ2) is 6.20. The normalized spacial score (nSPS) is 10.6. The summed E-state index contributed by atoms with van der Waals surface area (Å²) < 4.78 is 5.70. The van der Waals surface area contributed by atoms with Crippen molar-refractivity contribution in [3.05, 3.63) is 59.4 Å². The molecule has 1 N–H and O–H groups in total. The zero-order valence-corrected chi connectivity index (χ0v) is 13.5. The molecule has 2 heterocycles. The Balaban J connectivity index is 2.32. The van der Waals surface area contributed by atoms with E-state index >= 15 is 0 Å². The molecule has 0 amide bonds. The van der Waals surface area contributed by atoms with Crippen molar-refractivity contribution >= 4 is 28.6 Å². The van der Waals surface area contributed by atoms with E-state index in [9.17, 15) is 19.5 Å². The summed E-state index contributed by atoms with van der Waals surface area (Å²) in [6.07, 6.45) is 1.45. The molecule has 0 aliphatic heterocycles. The molecule has 0 saturated carbocycles. The summed E-state index contributed by atoms with van der Waals surface area (Å²) >= 11 is 0. The Bertz CT molecular complexity index is 1010. The molecule has 25 heavy (non-hydrogen) atoms. The van der Waals surface area contributed by atoms with Gasteiger partial charge >= 0.3 is 5.97 Å². The number of rotatable bonds is 3. The van der Waals surface area contributed by atoms with Crippen LogP contribution in [0.25, 0.3) is 10.9 Å². The van der Waals surface area contributed by atoms with Gasteiger partial charge in [0.25, 0.3) is 0 Å². The van der Waals surface area contributed by atoms with Crippen LogP contribution in [0.1, 0.15) is 38.1 Å². The second-order valence-electron chi connectivity index (χ2n) is 5.32. The molecule has 0 unspecified atom stereocenters. The van der Waals surface area contributed by atoms with Crippen molar-refractivity contribution in [3.8, 4) is 5.88 Å². The van der Waals surface area contributed by atoms with Crippen LogP contribution < -0.4 is 0 Å². The van der Waals surface area contributed by atoms with E-state index in [-0.39, 0.29) is 22.2 Å². The second-order valence-corrected chi connectivity index (χ2v) is 5.32. The number of hydrogen-bond acceptors (Lipinski definition) is 6. The van der Waals surface area contributed by atoms with Gasteiger partial charge in [0.1, 0.15) is 5.69 Å². The van der Waals surface area contributed by atoms with Crippen LogP contribution in [-0.4, -0.2) is 39.4 Å². The summed E-state index contributed by atoms with van der Waals surface area (Å²) in [5.41, 5.74) is 0.543. The van der Waals surface area contributed by atoms with Gasteiger partial charge in [0.05, 0.1) is 23.8 Å². The SMILES string of the molecule is COC(=O)c1ccc2c(c1)c(C(=O)c1ccccn1)c(O)n2C(C)=O. The number of methoxy groups -OCH3 is 1. The number of ether oxygens (including phenoxy) is 1. The number of esters is 1. The van der Waals surface area contributed by atoms with Gasteiger partial charge in [0.15, 0.2) is 0 Å². The van der Waals surface area contributed by atoms with Gasteiger partial charge in [-0.25, -0.2) is 4.79 Å². The van der Waals surface area contributed by atoms with E-state index in [2.05, 4.69) is 9.72 Å². The van der Waals surface area contributed by atoms with Crippen molar-refractivity contribution in [1.82, 2.24) is 9.55 Å². The monoisotopic (exact) mass is 338 g/mol. The van der Waals surface area contributed by atoms with E-state index in [0.29, 0.717) is 5.52 Å². The average molecular weight is 338 g/mol. The number of nitrogens with zero attached hydrogens (tertiary/aromatic N) is 2. The van der Waals surface area contributed by atoms with Gasteiger partial charge in [0.2, 0.25) is 17.6 Å². The van der Waals surface area contributed by atoms with E-state index in [4.69, 9.17) is 0 Å². The number of ketones is 1. The third-order valence-electron chi connectivity index (χ3n) is 3.80. The van der Waals surface area contributed by atoms with E-state index in [0.717, 1.165) is 4.57 Å². The lowest BCUT2D eigenvalue weighted by atomic mass is 10.0. The van der Waals surface area contributed by atoms with Crippen molar-refractivity contribution in [2.75, 3.05) is 7.11 Å². The van der Waals surface area contributed by atoms with Crippen LogP contribution in [0.15, 0.2) is 42.6 Å². The molecule has 3 rings (SSSR count).